The van der Waals surface area contributed by atoms with Gasteiger partial charge in [0.05, 0.1) is 12.2 Å². The van der Waals surface area contributed by atoms with Crippen molar-refractivity contribution in [1.82, 2.24) is 5.32 Å². The highest BCUT2D eigenvalue weighted by Gasteiger charge is 2.81. The van der Waals surface area contributed by atoms with Crippen LogP contribution in [-0.2, 0) is 31.9 Å². The Hall–Kier alpha value is -3.95. The molecule has 1 saturated carbocycles. The second-order valence-electron chi connectivity index (χ2n) is 15.5. The molecule has 6 rings (SSSR count). The first-order valence-corrected chi connectivity index (χ1v) is 18.3. The van der Waals surface area contributed by atoms with Gasteiger partial charge in [0, 0.05) is 53.7 Å². The Kier molecular flexibility index (Phi) is 10.9. The summed E-state index contributed by atoms with van der Waals surface area (Å²) < 4.78 is 19.2. The third kappa shape index (κ3) is 6.63. The molecule has 9 heteroatoms. The van der Waals surface area contributed by atoms with Gasteiger partial charge in [-0.2, -0.15) is 0 Å². The highest BCUT2D eigenvalue weighted by molar-refractivity contribution is 6.18. The SMILES string of the molecule is CCOCCNC(=O)/C(C)=C\C[C@]12OC(C)(C)[C@H]3C[C@H](C=C4C(=O)c5c(O)c(C/C=C(\C)CCC=C(C)C)c(O)c(CC=C(C)C)c5O[C@@]431)C2=O. The van der Waals surface area contributed by atoms with Crippen molar-refractivity contribution in [1.29, 1.82) is 0 Å². The van der Waals surface area contributed by atoms with Gasteiger partial charge < -0.3 is 29.7 Å². The van der Waals surface area contributed by atoms with Gasteiger partial charge in [-0.3, -0.25) is 14.4 Å². The molecule has 5 aliphatic rings. The van der Waals surface area contributed by atoms with E-state index in [2.05, 4.69) is 25.2 Å². The molecule has 3 N–H and O–H groups in total. The van der Waals surface area contributed by atoms with Crippen LogP contribution in [-0.4, -0.2) is 64.2 Å². The van der Waals surface area contributed by atoms with Crippen molar-refractivity contribution in [3.63, 3.8) is 0 Å². The first-order valence-electron chi connectivity index (χ1n) is 18.3. The summed E-state index contributed by atoms with van der Waals surface area (Å²) in [6.07, 6.45) is 12.1. The molecule has 1 spiro atoms. The zero-order valence-electron chi connectivity index (χ0n) is 31.7. The summed E-state index contributed by atoms with van der Waals surface area (Å²) >= 11 is 0. The van der Waals surface area contributed by atoms with Crippen LogP contribution in [0, 0.1) is 11.8 Å². The molecule has 51 heavy (non-hydrogen) atoms. The van der Waals surface area contributed by atoms with Crippen molar-refractivity contribution in [2.75, 3.05) is 19.8 Å². The van der Waals surface area contributed by atoms with Crippen LogP contribution < -0.4 is 10.1 Å². The second kappa shape index (κ2) is 14.6. The van der Waals surface area contributed by atoms with Gasteiger partial charge in [-0.25, -0.2) is 0 Å². The third-order valence-corrected chi connectivity index (χ3v) is 10.9. The van der Waals surface area contributed by atoms with Crippen LogP contribution in [0.25, 0.3) is 0 Å². The summed E-state index contributed by atoms with van der Waals surface area (Å²) in [7, 11) is 0. The number of aromatic hydroxyl groups is 2. The normalized spacial score (nSPS) is 25.9. The second-order valence-corrected chi connectivity index (χ2v) is 15.5. The molecule has 276 valence electrons. The molecular formula is C42H55NO8. The molecule has 1 aromatic rings. The summed E-state index contributed by atoms with van der Waals surface area (Å²) in [5.41, 5.74) is 0.670. The van der Waals surface area contributed by atoms with Gasteiger partial charge in [-0.15, -0.1) is 0 Å². The zero-order chi connectivity index (χ0) is 37.5. The molecule has 1 saturated heterocycles. The largest absolute Gasteiger partial charge is 0.507 e. The fraction of sp³-hybridized carbons (Fsp3) is 0.548. The van der Waals surface area contributed by atoms with Gasteiger partial charge in [-0.05, 0) is 94.4 Å². The van der Waals surface area contributed by atoms with Crippen molar-refractivity contribution in [3.8, 4) is 17.2 Å². The molecule has 1 amide bonds. The van der Waals surface area contributed by atoms with E-state index in [1.165, 1.54) is 5.57 Å². The van der Waals surface area contributed by atoms with Crippen molar-refractivity contribution >= 4 is 17.5 Å². The number of Topliss-reactive ketones (excluding diaryl/α,β-unsaturated/α-hetero) is 2. The van der Waals surface area contributed by atoms with E-state index in [0.717, 1.165) is 24.0 Å². The maximum atomic E-state index is 14.9. The fourth-order valence-corrected chi connectivity index (χ4v) is 8.33. The molecule has 2 heterocycles. The van der Waals surface area contributed by atoms with Crippen molar-refractivity contribution in [3.05, 3.63) is 74.9 Å². The van der Waals surface area contributed by atoms with Crippen LogP contribution in [0.3, 0.4) is 0 Å². The van der Waals surface area contributed by atoms with Crippen LogP contribution in [0.15, 0.2) is 58.2 Å². The lowest BCUT2D eigenvalue weighted by molar-refractivity contribution is -0.171. The van der Waals surface area contributed by atoms with Crippen LogP contribution in [0.2, 0.25) is 0 Å². The Bertz CT molecular complexity index is 1770. The molecule has 4 bridgehead atoms. The predicted molar refractivity (Wildman–Crippen MR) is 197 cm³/mol. The van der Waals surface area contributed by atoms with E-state index in [1.807, 2.05) is 53.7 Å². The van der Waals surface area contributed by atoms with E-state index in [4.69, 9.17) is 14.2 Å². The van der Waals surface area contributed by atoms with E-state index < -0.39 is 34.4 Å². The van der Waals surface area contributed by atoms with Gasteiger partial charge >= 0.3 is 0 Å². The number of ketones is 2. The number of benzene rings is 1. The number of phenolic OH excluding ortho intramolecular Hbond substituents is 2. The highest BCUT2D eigenvalue weighted by Crippen LogP contribution is 2.68. The number of carbonyl (C=O) groups excluding carboxylic acids is 3. The monoisotopic (exact) mass is 701 g/mol. The van der Waals surface area contributed by atoms with Gasteiger partial charge in [0.1, 0.15) is 22.8 Å². The predicted octanol–water partition coefficient (Wildman–Crippen LogP) is 7.34. The number of rotatable bonds is 14. The van der Waals surface area contributed by atoms with E-state index >= 15 is 0 Å². The number of phenols is 2. The molecule has 3 aliphatic carbocycles. The maximum absolute atomic E-state index is 14.9. The average molecular weight is 702 g/mol. The lowest BCUT2D eigenvalue weighted by Gasteiger charge is -2.56. The van der Waals surface area contributed by atoms with Crippen LogP contribution >= 0.6 is 0 Å². The topological polar surface area (TPSA) is 131 Å². The van der Waals surface area contributed by atoms with Gasteiger partial charge in [0.2, 0.25) is 5.91 Å². The minimum atomic E-state index is -1.61. The van der Waals surface area contributed by atoms with Crippen molar-refractivity contribution < 1.29 is 38.8 Å². The highest BCUT2D eigenvalue weighted by atomic mass is 16.6. The van der Waals surface area contributed by atoms with E-state index in [-0.39, 0.29) is 59.3 Å². The summed E-state index contributed by atoms with van der Waals surface area (Å²) in [4.78, 5) is 42.3. The van der Waals surface area contributed by atoms with E-state index in [1.54, 1.807) is 19.1 Å². The van der Waals surface area contributed by atoms with Crippen LogP contribution in [0.4, 0.5) is 0 Å². The van der Waals surface area contributed by atoms with Gasteiger partial charge in [0.15, 0.2) is 22.8 Å². The minimum Gasteiger partial charge on any atom is -0.507 e. The minimum absolute atomic E-state index is 0.000166. The quantitative estimate of drug-likeness (QED) is 0.104. The molecular weight excluding hydrogens is 646 g/mol. The first-order chi connectivity index (χ1) is 24.0. The molecule has 1 aromatic carbocycles. The molecule has 4 atom stereocenters. The fourth-order valence-electron chi connectivity index (χ4n) is 8.33. The number of fused-ring (bicyclic) bond motifs is 1. The third-order valence-electron chi connectivity index (χ3n) is 10.9. The Balaban J connectivity index is 1.63. The molecule has 2 fully saturated rings. The number of nitrogens with one attached hydrogen (secondary N) is 1. The van der Waals surface area contributed by atoms with E-state index in [0.29, 0.717) is 42.9 Å². The zero-order valence-corrected chi connectivity index (χ0v) is 31.7. The summed E-state index contributed by atoms with van der Waals surface area (Å²) in [5.74, 6) is -2.28. The maximum Gasteiger partial charge on any atom is 0.246 e. The number of ether oxygens (including phenoxy) is 3. The molecule has 0 unspecified atom stereocenters. The smallest absolute Gasteiger partial charge is 0.246 e. The molecule has 9 nitrogen and oxygen atoms in total. The Labute approximate surface area is 302 Å². The molecule has 0 radical (unpaired) electrons. The summed E-state index contributed by atoms with van der Waals surface area (Å²) in [6.45, 7) is 18.7. The molecule has 0 aromatic heterocycles. The molecule has 2 aliphatic heterocycles. The number of allylic oxidation sites excluding steroid dienone is 7. The van der Waals surface area contributed by atoms with Crippen molar-refractivity contribution in [2.24, 2.45) is 11.8 Å². The van der Waals surface area contributed by atoms with Crippen molar-refractivity contribution in [2.45, 2.75) is 118 Å². The van der Waals surface area contributed by atoms with Gasteiger partial charge in [0.25, 0.3) is 0 Å². The van der Waals surface area contributed by atoms with Gasteiger partial charge in [-0.1, -0.05) is 47.1 Å². The summed E-state index contributed by atoms with van der Waals surface area (Å²) in [5, 5.41) is 26.5. The Morgan fingerprint density at radius 1 is 0.980 bits per heavy atom. The van der Waals surface area contributed by atoms with Crippen LogP contribution in [0.5, 0.6) is 17.2 Å². The Morgan fingerprint density at radius 2 is 1.67 bits per heavy atom. The Morgan fingerprint density at radius 3 is 2.33 bits per heavy atom. The number of amides is 1. The van der Waals surface area contributed by atoms with E-state index in [9.17, 15) is 24.6 Å². The van der Waals surface area contributed by atoms with Crippen LogP contribution in [0.1, 0.15) is 109 Å². The first kappa shape index (κ1) is 38.3. The lowest BCUT2D eigenvalue weighted by atomic mass is 9.51. The standard InChI is InChI=1S/C42H55NO8/c1-10-49-21-20-43-39(48)27(7)18-19-41-38(47)28-22-31-36(46)33-35(45)29(17-15-26(6)13-11-12-24(2)3)34(44)30(16-14-25(4)5)37(33)50-42(31,41)32(23-28)40(8,9)51-41/h12,14-15,18,22,28,32,44-45H,10-11,13,16-17,19-21,23H2,1-9H3,(H,43,48)/b26-15+,27-18-/t28-,32+,41+,42-/m0/s1. The number of hydrogen-bond donors (Lipinski definition) is 3. The average Bonchev–Trinajstić information content (AvgIpc) is 3.21. The summed E-state index contributed by atoms with van der Waals surface area (Å²) in [6, 6.07) is 0. The number of hydrogen-bond acceptors (Lipinski definition) is 8. The lowest BCUT2D eigenvalue weighted by Crippen LogP contribution is -2.72. The number of carbonyl (C=O) groups is 3.